The molecule has 1 rings (SSSR count). The predicted octanol–water partition coefficient (Wildman–Crippen LogP) is 3.93. The Labute approximate surface area is 125 Å². The van der Waals surface area contributed by atoms with E-state index < -0.39 is 0 Å². The van der Waals surface area contributed by atoms with Crippen LogP contribution in [-0.4, -0.2) is 29.1 Å². The number of carbonyl (C=O) groups is 1. The van der Waals surface area contributed by atoms with Crippen molar-refractivity contribution in [2.24, 2.45) is 5.92 Å². The first-order valence-electron chi connectivity index (χ1n) is 8.64. The summed E-state index contributed by atoms with van der Waals surface area (Å²) in [7, 11) is 0. The second-order valence-corrected chi connectivity index (χ2v) is 6.53. The van der Waals surface area contributed by atoms with E-state index in [1.165, 1.54) is 12.8 Å². The first-order chi connectivity index (χ1) is 9.56. The van der Waals surface area contributed by atoms with Crippen LogP contribution >= 0.6 is 0 Å². The molecule has 20 heavy (non-hydrogen) atoms. The number of rotatable bonds is 9. The Bertz CT molecular complexity index is 291. The van der Waals surface area contributed by atoms with Crippen LogP contribution in [0.5, 0.6) is 0 Å². The number of hydrogen-bond acceptors (Lipinski definition) is 2. The predicted molar refractivity (Wildman–Crippen MR) is 85.5 cm³/mol. The van der Waals surface area contributed by atoms with E-state index in [9.17, 15) is 4.79 Å². The molecule has 1 aliphatic heterocycles. The van der Waals surface area contributed by atoms with Crippen LogP contribution in [0.15, 0.2) is 0 Å². The molecule has 1 N–H and O–H groups in total. The lowest BCUT2D eigenvalue weighted by atomic mass is 10.0. The summed E-state index contributed by atoms with van der Waals surface area (Å²) in [6.07, 6.45) is 8.13. The van der Waals surface area contributed by atoms with Gasteiger partial charge in [0.05, 0.1) is 12.2 Å². The molecule has 3 nitrogen and oxygen atoms in total. The summed E-state index contributed by atoms with van der Waals surface area (Å²) in [5, 5.41) is 3.58. The molecule has 0 radical (unpaired) electrons. The molecule has 3 heteroatoms. The highest BCUT2D eigenvalue weighted by molar-refractivity contribution is 5.84. The summed E-state index contributed by atoms with van der Waals surface area (Å²) < 4.78 is 0. The third-order valence-electron chi connectivity index (χ3n) is 4.34. The first kappa shape index (κ1) is 17.5. The Morgan fingerprint density at radius 3 is 2.30 bits per heavy atom. The normalized spacial score (nSPS) is 24.7. The van der Waals surface area contributed by atoms with Crippen molar-refractivity contribution in [1.29, 1.82) is 0 Å². The van der Waals surface area contributed by atoms with Crippen LogP contribution in [0.2, 0.25) is 0 Å². The maximum atomic E-state index is 12.8. The van der Waals surface area contributed by atoms with Gasteiger partial charge < -0.3 is 4.90 Å². The molecule has 3 unspecified atom stereocenters. The zero-order chi connectivity index (χ0) is 15.1. The average Bonchev–Trinajstić information content (AvgIpc) is 2.73. The van der Waals surface area contributed by atoms with Gasteiger partial charge in [-0.25, -0.2) is 0 Å². The van der Waals surface area contributed by atoms with Gasteiger partial charge in [-0.3, -0.25) is 10.1 Å². The number of unbranched alkanes of at least 4 members (excludes halogenated alkanes) is 1. The Kier molecular flexibility index (Phi) is 7.57. The monoisotopic (exact) mass is 282 g/mol. The van der Waals surface area contributed by atoms with E-state index in [2.05, 4.69) is 44.8 Å². The lowest BCUT2D eigenvalue weighted by Crippen LogP contribution is -2.47. The fourth-order valence-corrected chi connectivity index (χ4v) is 3.29. The number of hydrogen-bond donors (Lipinski definition) is 1. The zero-order valence-electron chi connectivity index (χ0n) is 14.1. The van der Waals surface area contributed by atoms with Crippen LogP contribution in [0.4, 0.5) is 0 Å². The van der Waals surface area contributed by atoms with Crippen molar-refractivity contribution in [3.63, 3.8) is 0 Å². The van der Waals surface area contributed by atoms with Gasteiger partial charge in [-0.05, 0) is 25.2 Å². The van der Waals surface area contributed by atoms with Crippen molar-refractivity contribution >= 4 is 5.91 Å². The molecule has 1 fully saturated rings. The van der Waals surface area contributed by atoms with Crippen molar-refractivity contribution in [2.75, 3.05) is 0 Å². The third-order valence-corrected chi connectivity index (χ3v) is 4.34. The minimum atomic E-state index is 0.0494. The Hall–Kier alpha value is -0.570. The van der Waals surface area contributed by atoms with E-state index in [1.807, 2.05) is 0 Å². The molecule has 1 heterocycles. The maximum absolute atomic E-state index is 12.8. The van der Waals surface area contributed by atoms with Crippen LogP contribution < -0.4 is 5.32 Å². The smallest absolute Gasteiger partial charge is 0.241 e. The van der Waals surface area contributed by atoms with Gasteiger partial charge in [0.1, 0.15) is 0 Å². The van der Waals surface area contributed by atoms with E-state index in [4.69, 9.17) is 0 Å². The van der Waals surface area contributed by atoms with Gasteiger partial charge in [0.25, 0.3) is 0 Å². The fourth-order valence-electron chi connectivity index (χ4n) is 3.29. The van der Waals surface area contributed by atoms with Crippen LogP contribution in [0, 0.1) is 5.92 Å². The van der Waals surface area contributed by atoms with Gasteiger partial charge >= 0.3 is 0 Å². The van der Waals surface area contributed by atoms with Crippen molar-refractivity contribution in [3.8, 4) is 0 Å². The van der Waals surface area contributed by atoms with Gasteiger partial charge in [-0.15, -0.1) is 0 Å². The van der Waals surface area contributed by atoms with E-state index in [0.717, 1.165) is 32.1 Å². The molecule has 118 valence electrons. The van der Waals surface area contributed by atoms with Gasteiger partial charge in [0, 0.05) is 6.04 Å². The minimum absolute atomic E-state index is 0.0494. The van der Waals surface area contributed by atoms with Crippen molar-refractivity contribution < 1.29 is 4.79 Å². The van der Waals surface area contributed by atoms with E-state index in [-0.39, 0.29) is 12.2 Å². The van der Waals surface area contributed by atoms with E-state index in [0.29, 0.717) is 17.9 Å². The molecule has 3 atom stereocenters. The molecule has 1 amide bonds. The van der Waals surface area contributed by atoms with Crippen molar-refractivity contribution in [3.05, 3.63) is 0 Å². The maximum Gasteiger partial charge on any atom is 0.241 e. The summed E-state index contributed by atoms with van der Waals surface area (Å²) in [6, 6.07) is 0.475. The third kappa shape index (κ3) is 4.21. The number of amides is 1. The summed E-state index contributed by atoms with van der Waals surface area (Å²) in [6.45, 7) is 11.0. The van der Waals surface area contributed by atoms with Crippen LogP contribution in [0.1, 0.15) is 79.6 Å². The molecular formula is C17H34N2O. The fraction of sp³-hybridized carbons (Fsp3) is 0.941. The summed E-state index contributed by atoms with van der Waals surface area (Å²) >= 11 is 0. The first-order valence-corrected chi connectivity index (χ1v) is 8.64. The van der Waals surface area contributed by atoms with Crippen LogP contribution in [0.3, 0.4) is 0 Å². The molecular weight excluding hydrogens is 248 g/mol. The van der Waals surface area contributed by atoms with Crippen LogP contribution in [0.25, 0.3) is 0 Å². The molecule has 0 bridgehead atoms. The molecule has 1 aliphatic rings. The van der Waals surface area contributed by atoms with Gasteiger partial charge in [-0.2, -0.15) is 0 Å². The highest BCUT2D eigenvalue weighted by Gasteiger charge is 2.42. The Morgan fingerprint density at radius 2 is 1.80 bits per heavy atom. The molecule has 0 aromatic carbocycles. The molecule has 0 aliphatic carbocycles. The number of carbonyl (C=O) groups excluding carboxylic acids is 1. The lowest BCUT2D eigenvalue weighted by molar-refractivity contribution is -0.133. The molecule has 0 spiro atoms. The topological polar surface area (TPSA) is 32.3 Å². The zero-order valence-corrected chi connectivity index (χ0v) is 14.1. The van der Waals surface area contributed by atoms with Gasteiger partial charge in [-0.1, -0.05) is 60.3 Å². The molecule has 0 aromatic heterocycles. The van der Waals surface area contributed by atoms with Crippen molar-refractivity contribution in [2.45, 2.75) is 97.8 Å². The summed E-state index contributed by atoms with van der Waals surface area (Å²) in [4.78, 5) is 15.0. The van der Waals surface area contributed by atoms with E-state index in [1.54, 1.807) is 0 Å². The van der Waals surface area contributed by atoms with Gasteiger partial charge in [0.15, 0.2) is 0 Å². The van der Waals surface area contributed by atoms with Crippen molar-refractivity contribution in [1.82, 2.24) is 10.2 Å². The molecule has 0 saturated carbocycles. The Morgan fingerprint density at radius 1 is 1.10 bits per heavy atom. The largest absolute Gasteiger partial charge is 0.323 e. The number of nitrogens with one attached hydrogen (secondary N) is 1. The average molecular weight is 282 g/mol. The standard InChI is InChI=1S/C17H34N2O/c1-6-9-12-14(10-7-2)19-16(13(4)5)18-15(11-8-3)17(19)20/h13-16,18H,6-12H2,1-5H3. The summed E-state index contributed by atoms with van der Waals surface area (Å²) in [5.41, 5.74) is 0. The minimum Gasteiger partial charge on any atom is -0.323 e. The molecule has 0 aromatic rings. The number of nitrogens with zero attached hydrogens (tertiary/aromatic N) is 1. The summed E-state index contributed by atoms with van der Waals surface area (Å²) in [5.74, 6) is 0.821. The quantitative estimate of drug-likeness (QED) is 0.695. The Balaban J connectivity index is 2.85. The lowest BCUT2D eigenvalue weighted by Gasteiger charge is -2.35. The second kappa shape index (κ2) is 8.66. The molecule has 1 saturated heterocycles. The van der Waals surface area contributed by atoms with E-state index >= 15 is 0 Å². The second-order valence-electron chi connectivity index (χ2n) is 6.53. The SMILES string of the molecule is CCCCC(CCC)N1C(=O)C(CCC)NC1C(C)C. The highest BCUT2D eigenvalue weighted by Crippen LogP contribution is 2.27. The van der Waals surface area contributed by atoms with Crippen LogP contribution in [-0.2, 0) is 4.79 Å². The van der Waals surface area contributed by atoms with Gasteiger partial charge in [0.2, 0.25) is 5.91 Å². The highest BCUT2D eigenvalue weighted by atomic mass is 16.2.